The summed E-state index contributed by atoms with van der Waals surface area (Å²) in [6, 6.07) is 15.5. The molecule has 7 heteroatoms. The maximum absolute atomic E-state index is 12.0. The van der Waals surface area contributed by atoms with E-state index in [0.29, 0.717) is 12.1 Å². The van der Waals surface area contributed by atoms with Crippen molar-refractivity contribution in [2.24, 2.45) is 4.99 Å². The molecule has 0 aromatic heterocycles. The molecular weight excluding hydrogens is 511 g/mol. The number of aliphatic imine (C=N–C) groups is 1. The van der Waals surface area contributed by atoms with Gasteiger partial charge in [-0.2, -0.15) is 0 Å². The van der Waals surface area contributed by atoms with E-state index >= 15 is 0 Å². The van der Waals surface area contributed by atoms with Gasteiger partial charge >= 0.3 is 0 Å². The summed E-state index contributed by atoms with van der Waals surface area (Å²) >= 11 is 6.01. The number of nitrogens with one attached hydrogen (secondary N) is 2. The predicted octanol–water partition coefficient (Wildman–Crippen LogP) is 4.69. The fourth-order valence-corrected chi connectivity index (χ4v) is 2.96. The van der Waals surface area contributed by atoms with Crippen LogP contribution in [0.1, 0.15) is 42.3 Å². The average Bonchev–Trinajstić information content (AvgIpc) is 2.70. The molecule has 2 aromatic carbocycles. The maximum Gasteiger partial charge on any atom is 0.253 e. The number of carbonyl (C=O) groups excluding carboxylic acids is 1. The van der Waals surface area contributed by atoms with Crippen LogP contribution in [0.5, 0.6) is 0 Å². The number of hydrogen-bond donors (Lipinski definition) is 2. The molecule has 5 nitrogen and oxygen atoms in total. The lowest BCUT2D eigenvalue weighted by Crippen LogP contribution is -2.43. The van der Waals surface area contributed by atoms with Gasteiger partial charge in [-0.25, -0.2) is 4.99 Å². The number of nitrogens with zero attached hydrogens (tertiary/aromatic N) is 2. The molecular formula is C23H32ClIN4O. The Balaban J connectivity index is 0.00000450. The summed E-state index contributed by atoms with van der Waals surface area (Å²) in [6.45, 7) is 8.47. The van der Waals surface area contributed by atoms with Gasteiger partial charge in [-0.3, -0.25) is 4.79 Å². The largest absolute Gasteiger partial charge is 0.357 e. The molecule has 164 valence electrons. The number of guanidine groups is 1. The van der Waals surface area contributed by atoms with Gasteiger partial charge in [0.1, 0.15) is 0 Å². The van der Waals surface area contributed by atoms with Crippen LogP contribution in [0.25, 0.3) is 0 Å². The van der Waals surface area contributed by atoms with E-state index in [1.54, 1.807) is 19.0 Å². The first-order valence-corrected chi connectivity index (χ1v) is 10.2. The molecule has 0 saturated carbocycles. The minimum Gasteiger partial charge on any atom is -0.357 e. The predicted molar refractivity (Wildman–Crippen MR) is 137 cm³/mol. The van der Waals surface area contributed by atoms with Crippen LogP contribution in [0.4, 0.5) is 0 Å². The molecule has 2 rings (SSSR count). The Hall–Kier alpha value is -1.80. The van der Waals surface area contributed by atoms with Crippen LogP contribution >= 0.6 is 35.6 Å². The van der Waals surface area contributed by atoms with Gasteiger partial charge < -0.3 is 15.5 Å². The summed E-state index contributed by atoms with van der Waals surface area (Å²) in [5.74, 6) is 0.766. The highest BCUT2D eigenvalue weighted by atomic mass is 127. The molecule has 0 bridgehead atoms. The molecule has 0 saturated heterocycles. The molecule has 0 radical (unpaired) electrons. The second kappa shape index (κ2) is 12.2. The van der Waals surface area contributed by atoms with Crippen molar-refractivity contribution in [2.45, 2.75) is 32.7 Å². The van der Waals surface area contributed by atoms with Gasteiger partial charge in [-0.15, -0.1) is 24.0 Å². The highest BCUT2D eigenvalue weighted by Crippen LogP contribution is 2.23. The van der Waals surface area contributed by atoms with E-state index in [4.69, 9.17) is 11.6 Å². The normalized spacial score (nSPS) is 11.5. The molecule has 0 fully saturated rings. The van der Waals surface area contributed by atoms with Crippen LogP contribution in [0.2, 0.25) is 5.02 Å². The Labute approximate surface area is 202 Å². The Bertz CT molecular complexity index is 833. The molecule has 0 aliphatic rings. The number of amides is 1. The van der Waals surface area contributed by atoms with Crippen LogP contribution in [0.15, 0.2) is 53.5 Å². The first-order chi connectivity index (χ1) is 13.7. The quantitative estimate of drug-likeness (QED) is 0.303. The number of benzene rings is 2. The third-order valence-electron chi connectivity index (χ3n) is 4.69. The summed E-state index contributed by atoms with van der Waals surface area (Å²) in [7, 11) is 3.50. The average molecular weight is 543 g/mol. The zero-order valence-electron chi connectivity index (χ0n) is 18.3. The SMILES string of the molecule is CCNC(=NCc1ccc(C(=O)N(C)C)cc1)NCC(C)(C)c1ccc(Cl)cc1.I. The Kier molecular flexibility index (Phi) is 10.6. The molecule has 2 aromatic rings. The van der Waals surface area contributed by atoms with E-state index in [1.807, 2.05) is 43.3 Å². The third-order valence-corrected chi connectivity index (χ3v) is 4.95. The Morgan fingerprint density at radius 3 is 2.17 bits per heavy atom. The van der Waals surface area contributed by atoms with Gasteiger partial charge in [0.2, 0.25) is 0 Å². The minimum atomic E-state index is -0.0744. The van der Waals surface area contributed by atoms with Crippen LogP contribution in [0, 0.1) is 0 Å². The molecule has 30 heavy (non-hydrogen) atoms. The van der Waals surface area contributed by atoms with Crippen molar-refractivity contribution in [3.63, 3.8) is 0 Å². The number of hydrogen-bond acceptors (Lipinski definition) is 2. The topological polar surface area (TPSA) is 56.7 Å². The maximum atomic E-state index is 12.0. The van der Waals surface area contributed by atoms with Crippen molar-refractivity contribution in [3.8, 4) is 0 Å². The fraction of sp³-hybridized carbons (Fsp3) is 0.391. The van der Waals surface area contributed by atoms with E-state index in [0.717, 1.165) is 29.6 Å². The first-order valence-electron chi connectivity index (χ1n) is 9.82. The summed E-state index contributed by atoms with van der Waals surface area (Å²) in [5.41, 5.74) is 2.87. The standard InChI is InChI=1S/C23H31ClN4O.HI/c1-6-25-22(27-16-23(2,3)19-11-13-20(24)14-12-19)26-15-17-7-9-18(10-8-17)21(29)28(4)5;/h7-14H,6,15-16H2,1-5H3,(H2,25,26,27);1H. The van der Waals surface area contributed by atoms with Crippen molar-refractivity contribution in [2.75, 3.05) is 27.2 Å². The summed E-state index contributed by atoms with van der Waals surface area (Å²) in [4.78, 5) is 18.2. The van der Waals surface area contributed by atoms with Gasteiger partial charge in [0.15, 0.2) is 5.96 Å². The molecule has 2 N–H and O–H groups in total. The van der Waals surface area contributed by atoms with Crippen molar-refractivity contribution in [1.82, 2.24) is 15.5 Å². The van der Waals surface area contributed by atoms with Crippen LogP contribution in [-0.2, 0) is 12.0 Å². The smallest absolute Gasteiger partial charge is 0.253 e. The van der Waals surface area contributed by atoms with Gasteiger partial charge in [0.05, 0.1) is 6.54 Å². The highest BCUT2D eigenvalue weighted by Gasteiger charge is 2.20. The first kappa shape index (κ1) is 26.2. The molecule has 1 amide bonds. The van der Waals surface area contributed by atoms with Gasteiger partial charge in [-0.05, 0) is 42.3 Å². The number of carbonyl (C=O) groups is 1. The van der Waals surface area contributed by atoms with Crippen molar-refractivity contribution in [3.05, 3.63) is 70.2 Å². The van der Waals surface area contributed by atoms with E-state index in [-0.39, 0.29) is 35.3 Å². The molecule has 0 unspecified atom stereocenters. The minimum absolute atomic E-state index is 0. The summed E-state index contributed by atoms with van der Waals surface area (Å²) in [6.07, 6.45) is 0. The molecule has 0 atom stereocenters. The van der Waals surface area contributed by atoms with Gasteiger partial charge in [0, 0.05) is 43.2 Å². The van der Waals surface area contributed by atoms with E-state index in [9.17, 15) is 4.79 Å². The van der Waals surface area contributed by atoms with Crippen molar-refractivity contribution in [1.29, 1.82) is 0 Å². The number of halogens is 2. The lowest BCUT2D eigenvalue weighted by molar-refractivity contribution is 0.0827. The van der Waals surface area contributed by atoms with Crippen LogP contribution in [0.3, 0.4) is 0 Å². The second-order valence-corrected chi connectivity index (χ2v) is 8.27. The highest BCUT2D eigenvalue weighted by molar-refractivity contribution is 14.0. The molecule has 0 heterocycles. The van der Waals surface area contributed by atoms with Gasteiger partial charge in [-0.1, -0.05) is 49.7 Å². The lowest BCUT2D eigenvalue weighted by Gasteiger charge is -2.27. The zero-order chi connectivity index (χ0) is 21.4. The third kappa shape index (κ3) is 7.80. The zero-order valence-corrected chi connectivity index (χ0v) is 21.4. The van der Waals surface area contributed by atoms with E-state index in [1.165, 1.54) is 5.56 Å². The number of rotatable bonds is 7. The van der Waals surface area contributed by atoms with E-state index < -0.39 is 0 Å². The summed E-state index contributed by atoms with van der Waals surface area (Å²) < 4.78 is 0. The molecule has 0 aliphatic heterocycles. The molecule has 0 aliphatic carbocycles. The second-order valence-electron chi connectivity index (χ2n) is 7.84. The lowest BCUT2D eigenvalue weighted by atomic mass is 9.85. The van der Waals surface area contributed by atoms with Crippen LogP contribution in [-0.4, -0.2) is 44.0 Å². The molecule has 0 spiro atoms. The monoisotopic (exact) mass is 542 g/mol. The van der Waals surface area contributed by atoms with Crippen LogP contribution < -0.4 is 10.6 Å². The van der Waals surface area contributed by atoms with Crippen molar-refractivity contribution < 1.29 is 4.79 Å². The Morgan fingerprint density at radius 1 is 1.03 bits per heavy atom. The fourth-order valence-electron chi connectivity index (χ4n) is 2.83. The van der Waals surface area contributed by atoms with Crippen molar-refractivity contribution >= 4 is 47.4 Å². The van der Waals surface area contributed by atoms with E-state index in [2.05, 4.69) is 41.6 Å². The summed E-state index contributed by atoms with van der Waals surface area (Å²) in [5, 5.41) is 7.46. The Morgan fingerprint density at radius 2 is 1.63 bits per heavy atom. The van der Waals surface area contributed by atoms with Gasteiger partial charge in [0.25, 0.3) is 5.91 Å².